The average Bonchev–Trinajstić information content (AvgIpc) is 2.71. The van der Waals surface area contributed by atoms with Crippen molar-refractivity contribution in [3.05, 3.63) is 40.3 Å². The van der Waals surface area contributed by atoms with Crippen molar-refractivity contribution in [3.63, 3.8) is 0 Å². The van der Waals surface area contributed by atoms with Gasteiger partial charge >= 0.3 is 0 Å². The lowest BCUT2D eigenvalue weighted by Gasteiger charge is -2.01. The largest absolute Gasteiger partial charge is 0.476 e. The molecule has 0 saturated heterocycles. The molecule has 1 aromatic carbocycles. The molecule has 0 atom stereocenters. The molecule has 15 heavy (non-hydrogen) atoms. The lowest BCUT2D eigenvalue weighted by Crippen LogP contribution is -2.03. The average molecular weight is 205 g/mol. The third kappa shape index (κ3) is 2.40. The van der Waals surface area contributed by atoms with Gasteiger partial charge in [-0.05, 0) is 16.9 Å². The van der Waals surface area contributed by atoms with Crippen molar-refractivity contribution in [3.8, 4) is 0 Å². The highest BCUT2D eigenvalue weighted by molar-refractivity contribution is 5.94. The van der Waals surface area contributed by atoms with E-state index < -0.39 is 0 Å². The van der Waals surface area contributed by atoms with Gasteiger partial charge in [0.1, 0.15) is 6.61 Å². The van der Waals surface area contributed by atoms with Gasteiger partial charge in [-0.1, -0.05) is 12.1 Å². The van der Waals surface area contributed by atoms with Crippen LogP contribution in [0, 0.1) is 4.91 Å². The zero-order valence-electron chi connectivity index (χ0n) is 8.64. The molecular formula is C11H13N2O2+. The van der Waals surface area contributed by atoms with E-state index in [-0.39, 0.29) is 0 Å². The Kier molecular flexibility index (Phi) is 2.76. The predicted octanol–water partition coefficient (Wildman–Crippen LogP) is 1.37. The molecule has 0 N–H and O–H groups in total. The monoisotopic (exact) mass is 205 g/mol. The number of hydrogen-bond donors (Lipinski definition) is 0. The van der Waals surface area contributed by atoms with E-state index in [4.69, 9.17) is 4.74 Å². The Balaban J connectivity index is 2.13. The number of nitroso groups, excluding NO2 is 1. The minimum atomic E-state index is 0.410. The van der Waals surface area contributed by atoms with Gasteiger partial charge in [0.2, 0.25) is 12.4 Å². The summed E-state index contributed by atoms with van der Waals surface area (Å²) in [5.41, 5.74) is 1.97. The van der Waals surface area contributed by atoms with E-state index in [1.807, 2.05) is 24.3 Å². The van der Waals surface area contributed by atoms with Crippen molar-refractivity contribution >= 4 is 5.90 Å². The highest BCUT2D eigenvalue weighted by Gasteiger charge is 2.10. The molecule has 1 heterocycles. The Bertz CT molecular complexity index is 396. The van der Waals surface area contributed by atoms with Gasteiger partial charge in [0, 0.05) is 16.0 Å². The Morgan fingerprint density at radius 2 is 2.13 bits per heavy atom. The number of aliphatic imine (C=N–C) groups is 1. The van der Waals surface area contributed by atoms with Gasteiger partial charge < -0.3 is 4.74 Å². The third-order valence-corrected chi connectivity index (χ3v) is 2.19. The van der Waals surface area contributed by atoms with Gasteiger partial charge in [-0.15, -0.1) is 0 Å². The molecular weight excluding hydrogens is 192 g/mol. The predicted molar refractivity (Wildman–Crippen MR) is 57.1 cm³/mol. The normalized spacial score (nSPS) is 14.6. The molecule has 78 valence electrons. The van der Waals surface area contributed by atoms with Crippen LogP contribution in [-0.2, 0) is 11.3 Å². The minimum absolute atomic E-state index is 0.410. The summed E-state index contributed by atoms with van der Waals surface area (Å²) in [6.07, 6.45) is 0. The molecule has 0 aliphatic carbocycles. The fourth-order valence-electron chi connectivity index (χ4n) is 1.52. The van der Waals surface area contributed by atoms with Crippen LogP contribution in [0.1, 0.15) is 11.1 Å². The first-order valence-electron chi connectivity index (χ1n) is 4.90. The SMILES string of the molecule is C[N+](=O)Cc1ccc(C2=NCCO2)cc1. The smallest absolute Gasteiger partial charge is 0.216 e. The minimum Gasteiger partial charge on any atom is -0.476 e. The van der Waals surface area contributed by atoms with Gasteiger partial charge in [0.15, 0.2) is 7.05 Å². The summed E-state index contributed by atoms with van der Waals surface area (Å²) in [5.74, 6) is 0.706. The van der Waals surface area contributed by atoms with Crippen LogP contribution >= 0.6 is 0 Å². The van der Waals surface area contributed by atoms with Crippen LogP contribution < -0.4 is 0 Å². The number of hydrogen-bond acceptors (Lipinski definition) is 3. The van der Waals surface area contributed by atoms with Crippen LogP contribution in [0.4, 0.5) is 0 Å². The molecule has 2 rings (SSSR count). The second-order valence-corrected chi connectivity index (χ2v) is 3.52. The molecule has 0 spiro atoms. The zero-order chi connectivity index (χ0) is 10.7. The highest BCUT2D eigenvalue weighted by atomic mass is 16.5. The molecule has 0 saturated carbocycles. The maximum Gasteiger partial charge on any atom is 0.216 e. The van der Waals surface area contributed by atoms with Crippen LogP contribution in [0.5, 0.6) is 0 Å². The van der Waals surface area contributed by atoms with E-state index in [2.05, 4.69) is 4.99 Å². The molecule has 0 unspecified atom stereocenters. The van der Waals surface area contributed by atoms with Crippen molar-refractivity contribution < 1.29 is 9.50 Å². The Morgan fingerprint density at radius 1 is 1.40 bits per heavy atom. The van der Waals surface area contributed by atoms with Crippen LogP contribution in [0.15, 0.2) is 29.3 Å². The van der Waals surface area contributed by atoms with Crippen molar-refractivity contribution in [2.24, 2.45) is 4.99 Å². The molecule has 0 fully saturated rings. The van der Waals surface area contributed by atoms with Gasteiger partial charge in [-0.25, -0.2) is 4.99 Å². The van der Waals surface area contributed by atoms with E-state index in [9.17, 15) is 4.91 Å². The fraction of sp³-hybridized carbons (Fsp3) is 0.364. The maximum absolute atomic E-state index is 10.8. The lowest BCUT2D eigenvalue weighted by molar-refractivity contribution is -0.535. The summed E-state index contributed by atoms with van der Waals surface area (Å²) in [6, 6.07) is 7.72. The molecule has 4 nitrogen and oxygen atoms in total. The van der Waals surface area contributed by atoms with E-state index in [0.717, 1.165) is 22.4 Å². The first-order valence-corrected chi connectivity index (χ1v) is 4.90. The topological polar surface area (TPSA) is 41.7 Å². The number of nitrogens with zero attached hydrogens (tertiary/aromatic N) is 2. The molecule has 1 aliphatic rings. The molecule has 4 heteroatoms. The molecule has 0 bridgehead atoms. The Morgan fingerprint density at radius 3 is 2.67 bits per heavy atom. The summed E-state index contributed by atoms with van der Waals surface area (Å²) in [4.78, 5) is 15.0. The van der Waals surface area contributed by atoms with Crippen LogP contribution in [0.2, 0.25) is 0 Å². The molecule has 0 aromatic heterocycles. The first kappa shape index (κ1) is 9.83. The van der Waals surface area contributed by atoms with E-state index in [1.165, 1.54) is 7.05 Å². The van der Waals surface area contributed by atoms with E-state index >= 15 is 0 Å². The molecule has 0 amide bonds. The quantitative estimate of drug-likeness (QED) is 0.699. The molecule has 0 radical (unpaired) electrons. The Labute approximate surface area is 88.2 Å². The van der Waals surface area contributed by atoms with Crippen molar-refractivity contribution in [2.45, 2.75) is 6.54 Å². The van der Waals surface area contributed by atoms with Crippen molar-refractivity contribution in [1.29, 1.82) is 0 Å². The maximum atomic E-state index is 10.8. The molecule has 1 aliphatic heterocycles. The van der Waals surface area contributed by atoms with Crippen LogP contribution in [-0.4, -0.2) is 30.9 Å². The second-order valence-electron chi connectivity index (χ2n) is 3.52. The standard InChI is InChI=1S/C11H13N2O2/c1-13(14)8-9-2-4-10(5-3-9)11-12-6-7-15-11/h2-5H,6-8H2,1H3/q+1. The second kappa shape index (κ2) is 4.21. The summed E-state index contributed by atoms with van der Waals surface area (Å²) in [6.45, 7) is 1.81. The van der Waals surface area contributed by atoms with Crippen LogP contribution in [0.25, 0.3) is 0 Å². The van der Waals surface area contributed by atoms with Crippen molar-refractivity contribution in [1.82, 2.24) is 0 Å². The van der Waals surface area contributed by atoms with Gasteiger partial charge in [0.25, 0.3) is 0 Å². The van der Waals surface area contributed by atoms with Gasteiger partial charge in [0.05, 0.1) is 6.54 Å². The van der Waals surface area contributed by atoms with Gasteiger partial charge in [-0.3, -0.25) is 0 Å². The van der Waals surface area contributed by atoms with E-state index in [1.54, 1.807) is 0 Å². The summed E-state index contributed by atoms with van der Waals surface area (Å²) < 4.78 is 6.24. The molecule has 1 aromatic rings. The number of benzene rings is 1. The van der Waals surface area contributed by atoms with E-state index in [0.29, 0.717) is 19.0 Å². The number of ether oxygens (including phenoxy) is 1. The fourth-order valence-corrected chi connectivity index (χ4v) is 1.52. The first-order chi connectivity index (χ1) is 7.25. The van der Waals surface area contributed by atoms with Crippen molar-refractivity contribution in [2.75, 3.05) is 20.2 Å². The number of rotatable bonds is 3. The third-order valence-electron chi connectivity index (χ3n) is 2.19. The van der Waals surface area contributed by atoms with Gasteiger partial charge in [-0.2, -0.15) is 0 Å². The van der Waals surface area contributed by atoms with Crippen LogP contribution in [0.3, 0.4) is 0 Å². The Hall–Kier alpha value is -1.71. The highest BCUT2D eigenvalue weighted by Crippen LogP contribution is 2.10. The lowest BCUT2D eigenvalue weighted by atomic mass is 10.1. The zero-order valence-corrected chi connectivity index (χ0v) is 8.64. The summed E-state index contributed by atoms with van der Waals surface area (Å²) in [7, 11) is 1.51. The summed E-state index contributed by atoms with van der Waals surface area (Å²) in [5, 5.41) is 0. The summed E-state index contributed by atoms with van der Waals surface area (Å²) >= 11 is 0.